The van der Waals surface area contributed by atoms with Gasteiger partial charge < -0.3 is 0 Å². The third-order valence-corrected chi connectivity index (χ3v) is 5.41. The number of nitrogens with zero attached hydrogens (tertiary/aromatic N) is 1. The average molecular weight is 417 g/mol. The summed E-state index contributed by atoms with van der Waals surface area (Å²) in [4.78, 5) is 14.3. The van der Waals surface area contributed by atoms with Crippen LogP contribution in [0.25, 0.3) is 0 Å². The summed E-state index contributed by atoms with van der Waals surface area (Å²) in [6.07, 6.45) is 0. The number of rotatable bonds is 5. The first-order chi connectivity index (χ1) is 9.47. The second-order valence-electron chi connectivity index (χ2n) is 4.76. The van der Waals surface area contributed by atoms with E-state index in [1.54, 1.807) is 0 Å². The molecule has 0 N–H and O–H groups in total. The van der Waals surface area contributed by atoms with Crippen LogP contribution in [0, 0.1) is 6.92 Å². The molecule has 0 saturated heterocycles. The predicted molar refractivity (Wildman–Crippen MR) is 91.6 cm³/mol. The van der Waals surface area contributed by atoms with Crippen molar-refractivity contribution in [2.75, 3.05) is 13.6 Å². The molecule has 0 aliphatic heterocycles. The van der Waals surface area contributed by atoms with Gasteiger partial charge in [-0.25, -0.2) is 0 Å². The summed E-state index contributed by atoms with van der Waals surface area (Å²) < 4.78 is 1.85. The van der Waals surface area contributed by atoms with Gasteiger partial charge in [0.05, 0.1) is 14.1 Å². The second kappa shape index (κ2) is 6.98. The number of thiophene rings is 1. The summed E-state index contributed by atoms with van der Waals surface area (Å²) in [6, 6.07) is 10.1. The predicted octanol–water partition coefficient (Wildman–Crippen LogP) is 4.90. The lowest BCUT2D eigenvalue weighted by Gasteiger charge is -2.17. The maximum atomic E-state index is 12.3. The molecule has 0 bridgehead atoms. The summed E-state index contributed by atoms with van der Waals surface area (Å²) in [5.74, 6) is 0.134. The van der Waals surface area contributed by atoms with E-state index in [1.807, 2.05) is 30.1 Å². The van der Waals surface area contributed by atoms with Crippen molar-refractivity contribution in [2.24, 2.45) is 0 Å². The lowest BCUT2D eigenvalue weighted by atomic mass is 10.1. The highest BCUT2D eigenvalue weighted by molar-refractivity contribution is 9.12. The van der Waals surface area contributed by atoms with Gasteiger partial charge in [-0.2, -0.15) is 0 Å². The van der Waals surface area contributed by atoms with Gasteiger partial charge in [-0.1, -0.05) is 24.3 Å². The minimum Gasteiger partial charge on any atom is -0.295 e. The Morgan fingerprint density at radius 1 is 1.30 bits per heavy atom. The third-order valence-electron chi connectivity index (χ3n) is 3.07. The summed E-state index contributed by atoms with van der Waals surface area (Å²) in [7, 11) is 1.97. The number of benzene rings is 1. The number of hydrogen-bond acceptors (Lipinski definition) is 3. The highest BCUT2D eigenvalue weighted by Crippen LogP contribution is 2.32. The Bertz CT molecular complexity index is 624. The van der Waals surface area contributed by atoms with Gasteiger partial charge in [0.2, 0.25) is 0 Å². The molecule has 0 aliphatic rings. The lowest BCUT2D eigenvalue weighted by Crippen LogP contribution is -2.25. The number of halogens is 2. The van der Waals surface area contributed by atoms with Gasteiger partial charge in [0.15, 0.2) is 5.78 Å². The minimum absolute atomic E-state index is 0.134. The van der Waals surface area contributed by atoms with Gasteiger partial charge in [-0.15, -0.1) is 11.3 Å². The first-order valence-corrected chi connectivity index (χ1v) is 8.58. The first kappa shape index (κ1) is 15.9. The van der Waals surface area contributed by atoms with Gasteiger partial charge in [0, 0.05) is 12.1 Å². The molecule has 0 fully saturated rings. The maximum absolute atomic E-state index is 12.3. The van der Waals surface area contributed by atoms with Crippen molar-refractivity contribution in [3.8, 4) is 0 Å². The Morgan fingerprint density at radius 2 is 2.00 bits per heavy atom. The van der Waals surface area contributed by atoms with E-state index in [-0.39, 0.29) is 5.78 Å². The quantitative estimate of drug-likeness (QED) is 0.646. The Morgan fingerprint density at radius 3 is 2.60 bits per heavy atom. The average Bonchev–Trinajstić information content (AvgIpc) is 2.71. The van der Waals surface area contributed by atoms with E-state index in [2.05, 4.69) is 50.9 Å². The van der Waals surface area contributed by atoms with Crippen LogP contribution in [0.3, 0.4) is 0 Å². The molecule has 0 amide bonds. The van der Waals surface area contributed by atoms with Crippen molar-refractivity contribution in [3.63, 3.8) is 0 Å². The number of carbonyl (C=O) groups is 1. The minimum atomic E-state index is 0.134. The molecule has 5 heteroatoms. The Kier molecular flexibility index (Phi) is 5.55. The number of ketones is 1. The maximum Gasteiger partial charge on any atom is 0.178 e. The SMILES string of the molecule is Cc1ccccc1CN(C)CC(=O)c1cc(Br)sc1Br. The third kappa shape index (κ3) is 4.01. The molecule has 2 nitrogen and oxygen atoms in total. The molecule has 0 saturated carbocycles. The van der Waals surface area contributed by atoms with Gasteiger partial charge in [-0.05, 0) is 63.0 Å². The van der Waals surface area contributed by atoms with Crippen LogP contribution in [0.1, 0.15) is 21.5 Å². The van der Waals surface area contributed by atoms with Crippen LogP contribution in [-0.4, -0.2) is 24.3 Å². The number of Topliss-reactive ketones (excluding diaryl/α,β-unsaturated/α-hetero) is 1. The standard InChI is InChI=1S/C15H15Br2NOS/c1-10-5-3-4-6-11(10)8-18(2)9-13(19)12-7-14(16)20-15(12)17/h3-7H,8-9H2,1-2H3. The smallest absolute Gasteiger partial charge is 0.178 e. The lowest BCUT2D eigenvalue weighted by molar-refractivity contribution is 0.0942. The molecule has 1 aromatic carbocycles. The molecule has 2 aromatic rings. The molecule has 0 radical (unpaired) electrons. The zero-order valence-electron chi connectivity index (χ0n) is 11.3. The molecule has 20 heavy (non-hydrogen) atoms. The fourth-order valence-corrected chi connectivity index (χ4v) is 4.85. The molecule has 0 spiro atoms. The van der Waals surface area contributed by atoms with Crippen LogP contribution in [0.15, 0.2) is 37.9 Å². The topological polar surface area (TPSA) is 20.3 Å². The molecule has 1 heterocycles. The summed E-state index contributed by atoms with van der Waals surface area (Å²) in [6.45, 7) is 3.29. The van der Waals surface area contributed by atoms with Crippen LogP contribution in [0.2, 0.25) is 0 Å². The molecular formula is C15H15Br2NOS. The monoisotopic (exact) mass is 415 g/mol. The normalized spacial score (nSPS) is 11.1. The largest absolute Gasteiger partial charge is 0.295 e. The van der Waals surface area contributed by atoms with Crippen molar-refractivity contribution in [3.05, 3.63) is 54.6 Å². The molecule has 1 aromatic heterocycles. The summed E-state index contributed by atoms with van der Waals surface area (Å²) in [5, 5.41) is 0. The summed E-state index contributed by atoms with van der Waals surface area (Å²) in [5.41, 5.74) is 3.26. The van der Waals surface area contributed by atoms with E-state index in [0.29, 0.717) is 6.54 Å². The molecule has 0 atom stereocenters. The van der Waals surface area contributed by atoms with Crippen LogP contribution in [0.5, 0.6) is 0 Å². The molecular weight excluding hydrogens is 402 g/mol. The van der Waals surface area contributed by atoms with E-state index in [4.69, 9.17) is 0 Å². The fourth-order valence-electron chi connectivity index (χ4n) is 1.99. The first-order valence-electron chi connectivity index (χ1n) is 6.18. The van der Waals surface area contributed by atoms with E-state index < -0.39 is 0 Å². The van der Waals surface area contributed by atoms with E-state index in [9.17, 15) is 4.79 Å². The van der Waals surface area contributed by atoms with Gasteiger partial charge in [0.25, 0.3) is 0 Å². The van der Waals surface area contributed by atoms with Gasteiger partial charge >= 0.3 is 0 Å². The number of aryl methyl sites for hydroxylation is 1. The van der Waals surface area contributed by atoms with Crippen LogP contribution < -0.4 is 0 Å². The van der Waals surface area contributed by atoms with E-state index >= 15 is 0 Å². The van der Waals surface area contributed by atoms with Crippen molar-refractivity contribution >= 4 is 49.0 Å². The van der Waals surface area contributed by atoms with E-state index in [0.717, 1.165) is 19.7 Å². The highest BCUT2D eigenvalue weighted by atomic mass is 79.9. The van der Waals surface area contributed by atoms with Crippen molar-refractivity contribution < 1.29 is 4.79 Å². The van der Waals surface area contributed by atoms with Gasteiger partial charge in [-0.3, -0.25) is 9.69 Å². The Balaban J connectivity index is 2.01. The zero-order chi connectivity index (χ0) is 14.7. The number of hydrogen-bond donors (Lipinski definition) is 0. The number of likely N-dealkylation sites (N-methyl/N-ethyl adjacent to an activating group) is 1. The Labute approximate surface area is 140 Å². The van der Waals surface area contributed by atoms with Crippen molar-refractivity contribution in [1.29, 1.82) is 0 Å². The van der Waals surface area contributed by atoms with Crippen molar-refractivity contribution in [1.82, 2.24) is 4.90 Å². The zero-order valence-corrected chi connectivity index (χ0v) is 15.3. The van der Waals surface area contributed by atoms with Crippen LogP contribution >= 0.6 is 43.2 Å². The molecule has 2 rings (SSSR count). The molecule has 106 valence electrons. The second-order valence-corrected chi connectivity index (χ2v) is 8.51. The Hall–Kier alpha value is -0.490. The highest BCUT2D eigenvalue weighted by Gasteiger charge is 2.15. The van der Waals surface area contributed by atoms with Crippen molar-refractivity contribution in [2.45, 2.75) is 13.5 Å². The van der Waals surface area contributed by atoms with Gasteiger partial charge in [0.1, 0.15) is 0 Å². The molecule has 0 aliphatic carbocycles. The number of carbonyl (C=O) groups excluding carboxylic acids is 1. The fraction of sp³-hybridized carbons (Fsp3) is 0.267. The van der Waals surface area contributed by atoms with Crippen LogP contribution in [-0.2, 0) is 6.54 Å². The summed E-state index contributed by atoms with van der Waals surface area (Å²) >= 11 is 8.36. The van der Waals surface area contributed by atoms with Crippen LogP contribution in [0.4, 0.5) is 0 Å². The van der Waals surface area contributed by atoms with E-state index in [1.165, 1.54) is 22.5 Å². The molecule has 0 unspecified atom stereocenters.